The predicted octanol–water partition coefficient (Wildman–Crippen LogP) is 4.12. The summed E-state index contributed by atoms with van der Waals surface area (Å²) in [4.78, 5) is 25.1. The van der Waals surface area contributed by atoms with E-state index < -0.39 is 0 Å². The highest BCUT2D eigenvalue weighted by atomic mass is 16.5. The number of nitrogens with two attached hydrogens (primary N) is 1. The van der Waals surface area contributed by atoms with E-state index in [-0.39, 0.29) is 35.5 Å². The summed E-state index contributed by atoms with van der Waals surface area (Å²) < 4.78 is 6.84. The molecule has 0 saturated carbocycles. The number of hydrogen-bond donors (Lipinski definition) is 2. The molecule has 178 valence electrons. The molecule has 0 fully saturated rings. The number of nitrogens with zero attached hydrogens (tertiary/aromatic N) is 3. The van der Waals surface area contributed by atoms with Crippen LogP contribution in [0.15, 0.2) is 72.8 Å². The average molecular weight is 478 g/mol. The second-order valence-electron chi connectivity index (χ2n) is 8.48. The second-order valence-corrected chi connectivity index (χ2v) is 8.48. The lowest BCUT2D eigenvalue weighted by molar-refractivity contribution is 0.0946. The number of nitrogen functional groups attached to an aromatic ring is 1. The van der Waals surface area contributed by atoms with Gasteiger partial charge in [-0.05, 0) is 23.3 Å². The first-order valence-electron chi connectivity index (χ1n) is 11.4. The summed E-state index contributed by atoms with van der Waals surface area (Å²) >= 11 is 0. The van der Waals surface area contributed by atoms with Gasteiger partial charge in [-0.3, -0.25) is 9.59 Å². The van der Waals surface area contributed by atoms with Gasteiger partial charge in [0.05, 0.1) is 18.7 Å². The fourth-order valence-electron chi connectivity index (χ4n) is 4.54. The van der Waals surface area contributed by atoms with E-state index >= 15 is 0 Å². The third-order valence-corrected chi connectivity index (χ3v) is 6.39. The molecule has 5 rings (SSSR count). The SMILES string of the molecule is COc1ccccc1C(=O)NCc1ccc(-c2nn(C3CC(=O)c4ccccc43)c(N)c2C#N)cc1. The number of rotatable bonds is 6. The Labute approximate surface area is 207 Å². The van der Waals surface area contributed by atoms with Crippen LogP contribution in [0.3, 0.4) is 0 Å². The van der Waals surface area contributed by atoms with Crippen LogP contribution in [0.25, 0.3) is 11.3 Å². The lowest BCUT2D eigenvalue weighted by Crippen LogP contribution is -2.23. The number of ketones is 1. The number of nitriles is 1. The van der Waals surface area contributed by atoms with Gasteiger partial charge in [0, 0.05) is 24.1 Å². The minimum atomic E-state index is -0.348. The minimum Gasteiger partial charge on any atom is -0.496 e. The Morgan fingerprint density at radius 3 is 2.61 bits per heavy atom. The molecule has 0 bridgehead atoms. The van der Waals surface area contributed by atoms with E-state index in [2.05, 4.69) is 16.5 Å². The third-order valence-electron chi connectivity index (χ3n) is 6.39. The van der Waals surface area contributed by atoms with Crippen molar-refractivity contribution in [2.45, 2.75) is 19.0 Å². The van der Waals surface area contributed by atoms with Gasteiger partial charge < -0.3 is 15.8 Å². The van der Waals surface area contributed by atoms with Gasteiger partial charge in [-0.1, -0.05) is 60.7 Å². The number of carbonyl (C=O) groups is 2. The van der Waals surface area contributed by atoms with Crippen molar-refractivity contribution < 1.29 is 14.3 Å². The van der Waals surface area contributed by atoms with E-state index in [4.69, 9.17) is 10.5 Å². The zero-order valence-electron chi connectivity index (χ0n) is 19.6. The summed E-state index contributed by atoms with van der Waals surface area (Å²) in [5.41, 5.74) is 10.6. The maximum Gasteiger partial charge on any atom is 0.255 e. The van der Waals surface area contributed by atoms with Crippen LogP contribution in [0.4, 0.5) is 5.82 Å². The van der Waals surface area contributed by atoms with Crippen LogP contribution in [0, 0.1) is 11.3 Å². The molecule has 1 amide bonds. The molecule has 1 aromatic heterocycles. The fourth-order valence-corrected chi connectivity index (χ4v) is 4.54. The number of ether oxygens (including phenoxy) is 1. The number of hydrogen-bond acceptors (Lipinski definition) is 6. The number of amides is 1. The quantitative estimate of drug-likeness (QED) is 0.431. The summed E-state index contributed by atoms with van der Waals surface area (Å²) in [6, 6.07) is 23.7. The molecular weight excluding hydrogens is 454 g/mol. The number of methoxy groups -OCH3 is 1. The molecule has 1 aliphatic carbocycles. The van der Waals surface area contributed by atoms with E-state index in [9.17, 15) is 14.9 Å². The van der Waals surface area contributed by atoms with Crippen LogP contribution in [0.5, 0.6) is 5.75 Å². The normalized spacial score (nSPS) is 14.2. The number of fused-ring (bicyclic) bond motifs is 1. The topological polar surface area (TPSA) is 123 Å². The van der Waals surface area contributed by atoms with Crippen molar-refractivity contribution in [1.29, 1.82) is 5.26 Å². The van der Waals surface area contributed by atoms with Crippen molar-refractivity contribution in [2.24, 2.45) is 0 Å². The number of aromatic nitrogens is 2. The van der Waals surface area contributed by atoms with Crippen molar-refractivity contribution in [3.05, 3.63) is 101 Å². The van der Waals surface area contributed by atoms with E-state index in [0.29, 0.717) is 29.1 Å². The molecule has 4 aromatic rings. The molecular formula is C28H23N5O3. The number of Topliss-reactive ketones (excluding diaryl/α,β-unsaturated/α-hetero) is 1. The summed E-state index contributed by atoms with van der Waals surface area (Å²) in [7, 11) is 1.53. The molecule has 1 heterocycles. The molecule has 1 atom stereocenters. The minimum absolute atomic E-state index is 0.0325. The van der Waals surface area contributed by atoms with Crippen LogP contribution in [-0.4, -0.2) is 28.6 Å². The summed E-state index contributed by atoms with van der Waals surface area (Å²) in [5.74, 6) is 0.538. The van der Waals surface area contributed by atoms with Gasteiger partial charge in [-0.15, -0.1) is 0 Å². The molecule has 0 spiro atoms. The van der Waals surface area contributed by atoms with Crippen LogP contribution < -0.4 is 15.8 Å². The number of para-hydroxylation sites is 1. The average Bonchev–Trinajstić information content (AvgIpc) is 3.43. The van der Waals surface area contributed by atoms with Crippen LogP contribution in [0.2, 0.25) is 0 Å². The Morgan fingerprint density at radius 2 is 1.86 bits per heavy atom. The Kier molecular flexibility index (Phi) is 5.97. The lowest BCUT2D eigenvalue weighted by atomic mass is 10.1. The highest BCUT2D eigenvalue weighted by molar-refractivity contribution is 6.01. The first-order chi connectivity index (χ1) is 17.5. The Hall–Kier alpha value is -4.90. The maximum atomic E-state index is 12.6. The highest BCUT2D eigenvalue weighted by Crippen LogP contribution is 2.38. The second kappa shape index (κ2) is 9.39. The van der Waals surface area contributed by atoms with Gasteiger partial charge in [-0.25, -0.2) is 4.68 Å². The van der Waals surface area contributed by atoms with E-state index in [1.807, 2.05) is 42.5 Å². The maximum absolute atomic E-state index is 12.6. The molecule has 8 heteroatoms. The lowest BCUT2D eigenvalue weighted by Gasteiger charge is -2.13. The van der Waals surface area contributed by atoms with Crippen molar-refractivity contribution >= 4 is 17.5 Å². The smallest absolute Gasteiger partial charge is 0.255 e. The fraction of sp³-hybridized carbons (Fsp3) is 0.143. The van der Waals surface area contributed by atoms with Crippen molar-refractivity contribution in [3.8, 4) is 23.1 Å². The Morgan fingerprint density at radius 1 is 1.14 bits per heavy atom. The van der Waals surface area contributed by atoms with Gasteiger partial charge in [0.1, 0.15) is 28.9 Å². The monoisotopic (exact) mass is 477 g/mol. The van der Waals surface area contributed by atoms with Crippen LogP contribution in [0.1, 0.15) is 49.9 Å². The molecule has 3 aromatic carbocycles. The zero-order valence-corrected chi connectivity index (χ0v) is 19.6. The standard InChI is InChI=1S/C28H23N5O3/c1-36-25-9-5-4-8-21(25)28(35)31-16-17-10-12-18(13-11-17)26-22(15-29)27(30)33(32-26)23-14-24(34)20-7-3-2-6-19(20)23/h2-13,23H,14,16,30H2,1H3,(H,31,35). The molecule has 8 nitrogen and oxygen atoms in total. The number of carbonyl (C=O) groups excluding carboxylic acids is 2. The van der Waals surface area contributed by atoms with Crippen LogP contribution in [-0.2, 0) is 6.54 Å². The van der Waals surface area contributed by atoms with Gasteiger partial charge in [0.15, 0.2) is 5.78 Å². The molecule has 1 aliphatic rings. The molecule has 0 aliphatic heterocycles. The van der Waals surface area contributed by atoms with Crippen molar-refractivity contribution in [1.82, 2.24) is 15.1 Å². The summed E-state index contributed by atoms with van der Waals surface area (Å²) in [5, 5.41) is 17.4. The molecule has 0 saturated heterocycles. The van der Waals surface area contributed by atoms with Gasteiger partial charge in [0.25, 0.3) is 5.91 Å². The number of anilines is 1. The van der Waals surface area contributed by atoms with Gasteiger partial charge in [-0.2, -0.15) is 10.4 Å². The highest BCUT2D eigenvalue weighted by Gasteiger charge is 2.33. The van der Waals surface area contributed by atoms with E-state index in [1.165, 1.54) is 7.11 Å². The molecule has 3 N–H and O–H groups in total. The van der Waals surface area contributed by atoms with Crippen molar-refractivity contribution in [2.75, 3.05) is 12.8 Å². The zero-order chi connectivity index (χ0) is 25.2. The van der Waals surface area contributed by atoms with Crippen LogP contribution >= 0.6 is 0 Å². The third kappa shape index (κ3) is 3.97. The first-order valence-corrected chi connectivity index (χ1v) is 11.4. The Balaban J connectivity index is 1.37. The van der Waals surface area contributed by atoms with E-state index in [1.54, 1.807) is 35.0 Å². The first kappa shape index (κ1) is 22.9. The summed E-state index contributed by atoms with van der Waals surface area (Å²) in [6.45, 7) is 0.319. The molecule has 0 radical (unpaired) electrons. The van der Waals surface area contributed by atoms with Crippen molar-refractivity contribution in [3.63, 3.8) is 0 Å². The number of benzene rings is 3. The largest absolute Gasteiger partial charge is 0.496 e. The summed E-state index contributed by atoms with van der Waals surface area (Å²) in [6.07, 6.45) is 0.250. The van der Waals surface area contributed by atoms with Gasteiger partial charge in [0.2, 0.25) is 0 Å². The molecule has 1 unspecified atom stereocenters. The Bertz CT molecular complexity index is 1520. The van der Waals surface area contributed by atoms with Gasteiger partial charge >= 0.3 is 0 Å². The predicted molar refractivity (Wildman–Crippen MR) is 134 cm³/mol. The molecule has 36 heavy (non-hydrogen) atoms. The number of nitrogens with one attached hydrogen (secondary N) is 1. The van der Waals surface area contributed by atoms with E-state index in [0.717, 1.165) is 16.7 Å².